The number of likely N-dealkylation sites (N-methyl/N-ethyl adjacent to an activating group) is 1. The van der Waals surface area contributed by atoms with Crippen molar-refractivity contribution in [2.24, 2.45) is 0 Å². The van der Waals surface area contributed by atoms with Crippen molar-refractivity contribution in [3.8, 4) is 0 Å². The summed E-state index contributed by atoms with van der Waals surface area (Å²) < 4.78 is 5.12. The van der Waals surface area contributed by atoms with Crippen LogP contribution in [0.1, 0.15) is 22.5 Å². The first kappa shape index (κ1) is 26.7. The smallest absolute Gasteiger partial charge is 0.291 e. The van der Waals surface area contributed by atoms with E-state index in [0.717, 1.165) is 43.1 Å². The molecule has 3 N–H and O–H groups in total. The van der Waals surface area contributed by atoms with Gasteiger partial charge in [-0.3, -0.25) is 9.69 Å². The van der Waals surface area contributed by atoms with Crippen molar-refractivity contribution in [1.29, 1.82) is 0 Å². The largest absolute Gasteiger partial charge is 0.459 e. The average molecular weight is 560 g/mol. The zero-order valence-corrected chi connectivity index (χ0v) is 23.1. The van der Waals surface area contributed by atoms with Gasteiger partial charge in [0.1, 0.15) is 0 Å². The number of benzene rings is 3. The Morgan fingerprint density at radius 1 is 0.974 bits per heavy atom. The van der Waals surface area contributed by atoms with Crippen molar-refractivity contribution in [3.63, 3.8) is 0 Å². The van der Waals surface area contributed by atoms with E-state index >= 15 is 0 Å². The van der Waals surface area contributed by atoms with E-state index in [1.807, 2.05) is 30.3 Å². The Hall–Kier alpha value is -3.85. The highest BCUT2D eigenvalue weighted by molar-refractivity contribution is 7.80. The molecule has 1 aliphatic heterocycles. The molecule has 1 aliphatic rings. The number of amides is 1. The van der Waals surface area contributed by atoms with Crippen LogP contribution in [-0.2, 0) is 6.54 Å². The van der Waals surface area contributed by atoms with Crippen LogP contribution in [-0.4, -0.2) is 42.1 Å². The van der Waals surface area contributed by atoms with Gasteiger partial charge in [-0.2, -0.15) is 0 Å². The Kier molecular flexibility index (Phi) is 8.46. The predicted molar refractivity (Wildman–Crippen MR) is 163 cm³/mol. The summed E-state index contributed by atoms with van der Waals surface area (Å²) in [5.74, 6) is -0.0481. The summed E-state index contributed by atoms with van der Waals surface area (Å²) >= 11 is 12.2. The van der Waals surface area contributed by atoms with Crippen LogP contribution in [0.4, 0.5) is 22.7 Å². The van der Waals surface area contributed by atoms with Crippen molar-refractivity contribution in [2.75, 3.05) is 41.0 Å². The number of nitrogens with one attached hydrogen (secondary N) is 3. The third-order valence-electron chi connectivity index (χ3n) is 6.78. The number of nitrogens with zero attached hydrogens (tertiary/aromatic N) is 2. The maximum Gasteiger partial charge on any atom is 0.291 e. The van der Waals surface area contributed by atoms with Crippen LogP contribution in [0.25, 0.3) is 0 Å². The van der Waals surface area contributed by atoms with Crippen LogP contribution in [0.5, 0.6) is 0 Å². The number of hydrogen-bond donors (Lipinski definition) is 3. The number of furan rings is 1. The van der Waals surface area contributed by atoms with Crippen molar-refractivity contribution in [1.82, 2.24) is 4.90 Å². The fourth-order valence-corrected chi connectivity index (χ4v) is 5.26. The highest BCUT2D eigenvalue weighted by Crippen LogP contribution is 2.31. The number of carbonyl (C=O) groups excluding carboxylic acids is 1. The number of rotatable bonds is 8. The predicted octanol–water partition coefficient (Wildman–Crippen LogP) is 6.70. The molecule has 0 spiro atoms. The fraction of sp³-hybridized carbons (Fsp3) is 0.200. The number of thiocarbonyl (C=S) groups is 1. The van der Waals surface area contributed by atoms with Crippen LogP contribution in [0.3, 0.4) is 0 Å². The average Bonchev–Trinajstić information content (AvgIpc) is 3.63. The molecule has 7 nitrogen and oxygen atoms in total. The first-order chi connectivity index (χ1) is 18.9. The SMILES string of the molecule is CN(c1ccc(NC(=S)Nc2ccc(NC(=O)c3ccco3)cc2)cc1Cl)C1CCN(Cc2ccccc2)C1. The molecule has 0 bridgehead atoms. The summed E-state index contributed by atoms with van der Waals surface area (Å²) in [6.45, 7) is 3.04. The fourth-order valence-electron chi connectivity index (χ4n) is 4.71. The number of halogens is 1. The van der Waals surface area contributed by atoms with E-state index in [1.54, 1.807) is 24.3 Å². The molecule has 1 saturated heterocycles. The first-order valence-corrected chi connectivity index (χ1v) is 13.5. The second-order valence-corrected chi connectivity index (χ2v) is 10.3. The van der Waals surface area contributed by atoms with E-state index < -0.39 is 0 Å². The zero-order chi connectivity index (χ0) is 27.2. The van der Waals surface area contributed by atoms with Crippen molar-refractivity contribution >= 4 is 57.6 Å². The second kappa shape index (κ2) is 12.3. The summed E-state index contributed by atoms with van der Waals surface area (Å²) in [6.07, 6.45) is 2.56. The lowest BCUT2D eigenvalue weighted by atomic mass is 10.2. The molecular weight excluding hydrogens is 530 g/mol. The molecule has 1 aromatic heterocycles. The van der Waals surface area contributed by atoms with Gasteiger partial charge in [-0.05, 0) is 78.8 Å². The minimum absolute atomic E-state index is 0.256. The minimum Gasteiger partial charge on any atom is -0.459 e. The highest BCUT2D eigenvalue weighted by atomic mass is 35.5. The number of anilines is 4. The summed E-state index contributed by atoms with van der Waals surface area (Å²) in [5, 5.41) is 10.2. The topological polar surface area (TPSA) is 72.8 Å². The maximum atomic E-state index is 12.1. The van der Waals surface area contributed by atoms with Crippen molar-refractivity contribution in [3.05, 3.63) is 108 Å². The Morgan fingerprint density at radius 2 is 1.67 bits per heavy atom. The summed E-state index contributed by atoms with van der Waals surface area (Å²) in [4.78, 5) is 16.9. The molecule has 3 aromatic carbocycles. The molecule has 2 heterocycles. The van der Waals surface area contributed by atoms with Crippen LogP contribution >= 0.6 is 23.8 Å². The van der Waals surface area contributed by atoms with E-state index in [-0.39, 0.29) is 11.7 Å². The molecular formula is C30H30ClN5O2S. The van der Waals surface area contributed by atoms with Gasteiger partial charge in [0, 0.05) is 49.8 Å². The molecule has 5 rings (SSSR count). The van der Waals surface area contributed by atoms with E-state index in [0.29, 0.717) is 21.9 Å². The Bertz CT molecular complexity index is 1410. The standard InChI is InChI=1S/C30H30ClN5O2S/c1-35(25-15-16-36(20-25)19-21-6-3-2-4-7-21)27-14-13-24(18-26(27)31)34-30(39)33-23-11-9-22(10-12-23)32-29(37)28-8-5-17-38-28/h2-14,17-18,25H,15-16,19-20H2,1H3,(H,32,37)(H2,33,34,39). The van der Waals surface area contributed by atoms with E-state index in [9.17, 15) is 4.79 Å². The third-order valence-corrected chi connectivity index (χ3v) is 7.28. The Morgan fingerprint density at radius 3 is 2.36 bits per heavy atom. The molecule has 1 atom stereocenters. The third kappa shape index (κ3) is 6.97. The molecule has 1 amide bonds. The normalized spacial score (nSPS) is 15.1. The molecule has 9 heteroatoms. The van der Waals surface area contributed by atoms with Crippen LogP contribution in [0.2, 0.25) is 5.02 Å². The van der Waals surface area contributed by atoms with Gasteiger partial charge in [0.25, 0.3) is 5.91 Å². The number of carbonyl (C=O) groups is 1. The van der Waals surface area contributed by atoms with Gasteiger partial charge in [0.2, 0.25) is 0 Å². The van der Waals surface area contributed by atoms with Gasteiger partial charge in [0.15, 0.2) is 10.9 Å². The van der Waals surface area contributed by atoms with Crippen LogP contribution in [0.15, 0.2) is 95.6 Å². The van der Waals surface area contributed by atoms with Crippen molar-refractivity contribution in [2.45, 2.75) is 19.0 Å². The molecule has 0 aliphatic carbocycles. The van der Waals surface area contributed by atoms with Gasteiger partial charge in [-0.15, -0.1) is 0 Å². The van der Waals surface area contributed by atoms with Crippen LogP contribution < -0.4 is 20.9 Å². The van der Waals surface area contributed by atoms with Gasteiger partial charge in [0.05, 0.1) is 17.0 Å². The summed E-state index contributed by atoms with van der Waals surface area (Å²) in [5.41, 5.74) is 4.57. The Balaban J connectivity index is 1.12. The molecule has 0 radical (unpaired) electrons. The van der Waals surface area contributed by atoms with Gasteiger partial charge in [-0.25, -0.2) is 0 Å². The highest BCUT2D eigenvalue weighted by Gasteiger charge is 2.27. The second-order valence-electron chi connectivity index (χ2n) is 9.53. The Labute approximate surface area is 238 Å². The zero-order valence-electron chi connectivity index (χ0n) is 21.6. The van der Waals surface area contributed by atoms with Gasteiger partial charge < -0.3 is 25.3 Å². The molecule has 39 heavy (non-hydrogen) atoms. The summed E-state index contributed by atoms with van der Waals surface area (Å²) in [7, 11) is 2.11. The van der Waals surface area contributed by atoms with Crippen LogP contribution in [0, 0.1) is 0 Å². The first-order valence-electron chi connectivity index (χ1n) is 12.8. The lowest BCUT2D eigenvalue weighted by Crippen LogP contribution is -2.34. The molecule has 4 aromatic rings. The van der Waals surface area contributed by atoms with Gasteiger partial charge >= 0.3 is 0 Å². The molecule has 1 unspecified atom stereocenters. The van der Waals surface area contributed by atoms with Crippen molar-refractivity contribution < 1.29 is 9.21 Å². The molecule has 0 saturated carbocycles. The van der Waals surface area contributed by atoms with E-state index in [4.69, 9.17) is 28.2 Å². The van der Waals surface area contributed by atoms with Gasteiger partial charge in [-0.1, -0.05) is 41.9 Å². The van der Waals surface area contributed by atoms with E-state index in [1.165, 1.54) is 11.8 Å². The minimum atomic E-state index is -0.304. The quantitative estimate of drug-likeness (QED) is 0.207. The monoisotopic (exact) mass is 559 g/mol. The molecule has 1 fully saturated rings. The lowest BCUT2D eigenvalue weighted by molar-refractivity contribution is 0.0996. The lowest BCUT2D eigenvalue weighted by Gasteiger charge is -2.28. The number of likely N-dealkylation sites (tertiary alicyclic amines) is 1. The maximum absolute atomic E-state index is 12.1. The number of hydrogen-bond acceptors (Lipinski definition) is 5. The molecule has 200 valence electrons. The van der Waals surface area contributed by atoms with E-state index in [2.05, 4.69) is 63.1 Å². The summed E-state index contributed by atoms with van der Waals surface area (Å²) in [6, 6.07) is 27.4.